The van der Waals surface area contributed by atoms with Gasteiger partial charge in [0.05, 0.1) is 12.5 Å². The highest BCUT2D eigenvalue weighted by atomic mass is 16.5. The Kier molecular flexibility index (Phi) is 5.64. The van der Waals surface area contributed by atoms with Gasteiger partial charge in [0, 0.05) is 6.54 Å². The lowest BCUT2D eigenvalue weighted by molar-refractivity contribution is -0.135. The van der Waals surface area contributed by atoms with Gasteiger partial charge in [-0.2, -0.15) is 0 Å². The minimum atomic E-state index is -0.402. The molecule has 1 aromatic carbocycles. The second kappa shape index (κ2) is 6.83. The van der Waals surface area contributed by atoms with Crippen molar-refractivity contribution >= 4 is 5.91 Å². The number of benzene rings is 1. The molecule has 0 fully saturated rings. The Hall–Kier alpha value is -1.71. The van der Waals surface area contributed by atoms with E-state index in [0.717, 1.165) is 5.56 Å². The Bertz CT molecular complexity index is 487. The monoisotopic (exact) mass is 293 g/mol. The number of aromatic hydroxyl groups is 1. The van der Waals surface area contributed by atoms with E-state index in [1.165, 1.54) is 7.11 Å². The second-order valence-electron chi connectivity index (χ2n) is 6.28. The Morgan fingerprint density at radius 3 is 2.33 bits per heavy atom. The third-order valence-corrected chi connectivity index (χ3v) is 4.59. The average molecular weight is 293 g/mol. The van der Waals surface area contributed by atoms with Crippen LogP contribution in [0.4, 0.5) is 0 Å². The van der Waals surface area contributed by atoms with E-state index in [1.807, 2.05) is 6.92 Å². The first-order chi connectivity index (χ1) is 9.73. The lowest BCUT2D eigenvalue weighted by Gasteiger charge is -2.36. The van der Waals surface area contributed by atoms with Crippen molar-refractivity contribution in [2.24, 2.45) is 17.3 Å². The number of amides is 1. The molecule has 0 radical (unpaired) electrons. The molecule has 2 N–H and O–H groups in total. The summed E-state index contributed by atoms with van der Waals surface area (Å²) in [5.41, 5.74) is 0.494. The number of ether oxygens (including phenoxy) is 1. The molecule has 0 aromatic heterocycles. The molecule has 0 saturated carbocycles. The molecule has 0 bridgehead atoms. The average Bonchev–Trinajstić information content (AvgIpc) is 2.44. The molecule has 0 heterocycles. The number of phenolic OH excluding ortho intramolecular Hbond substituents is 1. The lowest BCUT2D eigenvalue weighted by Crippen LogP contribution is -2.45. The molecule has 118 valence electrons. The SMILES string of the molecule is COc1cc(CNC(=O)C(C)(C(C)C)C(C)C)ccc1O. The van der Waals surface area contributed by atoms with E-state index in [4.69, 9.17) is 4.74 Å². The van der Waals surface area contributed by atoms with Gasteiger partial charge in [0.15, 0.2) is 11.5 Å². The highest BCUT2D eigenvalue weighted by Gasteiger charge is 2.39. The molecular formula is C17H27NO3. The van der Waals surface area contributed by atoms with Crippen molar-refractivity contribution in [2.45, 2.75) is 41.2 Å². The number of nitrogens with one attached hydrogen (secondary N) is 1. The minimum absolute atomic E-state index is 0.0551. The molecule has 0 atom stereocenters. The van der Waals surface area contributed by atoms with Gasteiger partial charge in [-0.05, 0) is 29.5 Å². The molecule has 21 heavy (non-hydrogen) atoms. The van der Waals surface area contributed by atoms with E-state index in [9.17, 15) is 9.90 Å². The standard InChI is InChI=1S/C17H27NO3/c1-11(2)17(5,12(3)4)16(20)18-10-13-7-8-14(19)15(9-13)21-6/h7-9,11-12,19H,10H2,1-6H3,(H,18,20). The first-order valence-electron chi connectivity index (χ1n) is 7.37. The minimum Gasteiger partial charge on any atom is -0.504 e. The van der Waals surface area contributed by atoms with E-state index in [1.54, 1.807) is 18.2 Å². The van der Waals surface area contributed by atoms with Gasteiger partial charge in [-0.3, -0.25) is 4.79 Å². The van der Waals surface area contributed by atoms with Crippen LogP contribution in [-0.2, 0) is 11.3 Å². The van der Waals surface area contributed by atoms with Crippen LogP contribution in [0.2, 0.25) is 0 Å². The van der Waals surface area contributed by atoms with E-state index in [0.29, 0.717) is 12.3 Å². The van der Waals surface area contributed by atoms with E-state index < -0.39 is 5.41 Å². The third kappa shape index (κ3) is 3.69. The van der Waals surface area contributed by atoms with Crippen LogP contribution < -0.4 is 10.1 Å². The molecule has 0 saturated heterocycles. The van der Waals surface area contributed by atoms with Crippen LogP contribution in [-0.4, -0.2) is 18.1 Å². The maximum atomic E-state index is 12.6. The molecule has 1 aromatic rings. The lowest BCUT2D eigenvalue weighted by atomic mass is 9.70. The first kappa shape index (κ1) is 17.3. The van der Waals surface area contributed by atoms with Gasteiger partial charge in [0.1, 0.15) is 0 Å². The van der Waals surface area contributed by atoms with Gasteiger partial charge in [-0.25, -0.2) is 0 Å². The Balaban J connectivity index is 2.81. The Labute approximate surface area is 127 Å². The second-order valence-corrected chi connectivity index (χ2v) is 6.28. The summed E-state index contributed by atoms with van der Waals surface area (Å²) in [6.07, 6.45) is 0. The van der Waals surface area contributed by atoms with E-state index >= 15 is 0 Å². The van der Waals surface area contributed by atoms with Crippen LogP contribution in [0.1, 0.15) is 40.2 Å². The van der Waals surface area contributed by atoms with E-state index in [2.05, 4.69) is 33.0 Å². The molecular weight excluding hydrogens is 266 g/mol. The smallest absolute Gasteiger partial charge is 0.226 e. The van der Waals surface area contributed by atoms with Gasteiger partial charge in [-0.15, -0.1) is 0 Å². The summed E-state index contributed by atoms with van der Waals surface area (Å²) >= 11 is 0. The molecule has 1 amide bonds. The number of rotatable bonds is 6. The van der Waals surface area contributed by atoms with Crippen LogP contribution in [0.15, 0.2) is 18.2 Å². The first-order valence-corrected chi connectivity index (χ1v) is 7.37. The number of methoxy groups -OCH3 is 1. The van der Waals surface area contributed by atoms with Gasteiger partial charge in [0.25, 0.3) is 0 Å². The fourth-order valence-electron chi connectivity index (χ4n) is 2.40. The molecule has 0 aliphatic heterocycles. The predicted octanol–water partition coefficient (Wildman–Crippen LogP) is 3.34. The largest absolute Gasteiger partial charge is 0.504 e. The fourth-order valence-corrected chi connectivity index (χ4v) is 2.40. The third-order valence-electron chi connectivity index (χ3n) is 4.59. The maximum absolute atomic E-state index is 12.6. The molecule has 0 aliphatic rings. The van der Waals surface area contributed by atoms with E-state index in [-0.39, 0.29) is 23.5 Å². The van der Waals surface area contributed by atoms with Crippen molar-refractivity contribution in [1.82, 2.24) is 5.32 Å². The summed E-state index contributed by atoms with van der Waals surface area (Å²) in [4.78, 5) is 12.6. The molecule has 0 spiro atoms. The number of carbonyl (C=O) groups excluding carboxylic acids is 1. The summed E-state index contributed by atoms with van der Waals surface area (Å²) < 4.78 is 5.07. The van der Waals surface area contributed by atoms with Crippen LogP contribution >= 0.6 is 0 Å². The Morgan fingerprint density at radius 1 is 1.29 bits per heavy atom. The quantitative estimate of drug-likeness (QED) is 0.845. The normalized spacial score (nSPS) is 11.8. The van der Waals surface area contributed by atoms with Crippen molar-refractivity contribution in [3.05, 3.63) is 23.8 Å². The van der Waals surface area contributed by atoms with Crippen molar-refractivity contribution < 1.29 is 14.6 Å². The number of hydrogen-bond acceptors (Lipinski definition) is 3. The number of phenols is 1. The van der Waals surface area contributed by atoms with Gasteiger partial charge in [0.2, 0.25) is 5.91 Å². The van der Waals surface area contributed by atoms with Crippen molar-refractivity contribution in [3.8, 4) is 11.5 Å². The summed E-state index contributed by atoms with van der Waals surface area (Å²) in [6.45, 7) is 10.7. The van der Waals surface area contributed by atoms with Gasteiger partial charge >= 0.3 is 0 Å². The summed E-state index contributed by atoms with van der Waals surface area (Å²) in [7, 11) is 1.51. The van der Waals surface area contributed by atoms with Crippen LogP contribution in [0.3, 0.4) is 0 Å². The predicted molar refractivity (Wildman–Crippen MR) is 84.3 cm³/mol. The molecule has 0 aliphatic carbocycles. The zero-order valence-electron chi connectivity index (χ0n) is 13.9. The summed E-state index contributed by atoms with van der Waals surface area (Å²) in [5.74, 6) is 1.08. The van der Waals surface area contributed by atoms with Gasteiger partial charge in [-0.1, -0.05) is 40.7 Å². The van der Waals surface area contributed by atoms with Crippen molar-refractivity contribution in [1.29, 1.82) is 0 Å². The van der Waals surface area contributed by atoms with Crippen molar-refractivity contribution in [3.63, 3.8) is 0 Å². The zero-order chi connectivity index (χ0) is 16.2. The van der Waals surface area contributed by atoms with Crippen molar-refractivity contribution in [2.75, 3.05) is 7.11 Å². The molecule has 0 unspecified atom stereocenters. The molecule has 1 rings (SSSR count). The molecule has 4 nitrogen and oxygen atoms in total. The summed E-state index contributed by atoms with van der Waals surface area (Å²) in [6, 6.07) is 5.09. The fraction of sp³-hybridized carbons (Fsp3) is 0.588. The Morgan fingerprint density at radius 2 is 1.86 bits per heavy atom. The summed E-state index contributed by atoms with van der Waals surface area (Å²) in [5, 5.41) is 12.6. The van der Waals surface area contributed by atoms with Crippen LogP contribution in [0.5, 0.6) is 11.5 Å². The molecule has 4 heteroatoms. The highest BCUT2D eigenvalue weighted by molar-refractivity contribution is 5.82. The number of carbonyl (C=O) groups is 1. The topological polar surface area (TPSA) is 58.6 Å². The van der Waals surface area contributed by atoms with Gasteiger partial charge < -0.3 is 15.2 Å². The highest BCUT2D eigenvalue weighted by Crippen LogP contribution is 2.35. The maximum Gasteiger partial charge on any atom is 0.226 e. The van der Waals surface area contributed by atoms with Crippen LogP contribution in [0.25, 0.3) is 0 Å². The number of hydrogen-bond donors (Lipinski definition) is 2. The van der Waals surface area contributed by atoms with Crippen LogP contribution in [0, 0.1) is 17.3 Å². The zero-order valence-corrected chi connectivity index (χ0v) is 13.9.